The minimum Gasteiger partial charge on any atom is -0.493 e. The molecule has 1 heterocycles. The largest absolute Gasteiger partial charge is 0.493 e. The van der Waals surface area contributed by atoms with Crippen molar-refractivity contribution in [3.8, 4) is 11.5 Å². The molecule has 4 rings (SSSR count). The van der Waals surface area contributed by atoms with Crippen LogP contribution in [0.4, 0.5) is 0 Å². The van der Waals surface area contributed by atoms with E-state index < -0.39 is 0 Å². The topological polar surface area (TPSA) is 38.8 Å². The zero-order chi connectivity index (χ0) is 16.2. The Morgan fingerprint density at radius 3 is 2.65 bits per heavy atom. The van der Waals surface area contributed by atoms with Crippen LogP contribution in [-0.2, 0) is 4.79 Å². The molecule has 0 radical (unpaired) electrons. The van der Waals surface area contributed by atoms with Crippen molar-refractivity contribution in [2.45, 2.75) is 38.1 Å². The molecule has 122 valence electrons. The molecule has 4 heteroatoms. The summed E-state index contributed by atoms with van der Waals surface area (Å²) in [5, 5.41) is 0. The molecule has 1 amide bonds. The van der Waals surface area contributed by atoms with E-state index in [1.54, 1.807) is 14.2 Å². The van der Waals surface area contributed by atoms with Gasteiger partial charge in [-0.3, -0.25) is 4.79 Å². The third-order valence-corrected chi connectivity index (χ3v) is 5.94. The lowest BCUT2D eigenvalue weighted by atomic mass is 9.65. The minimum absolute atomic E-state index is 0.0839. The number of carbonyl (C=O) groups is 1. The Morgan fingerprint density at radius 1 is 1.17 bits per heavy atom. The highest BCUT2D eigenvalue weighted by molar-refractivity contribution is 5.87. The number of allylic oxidation sites excluding steroid dienone is 1. The number of hydrogen-bond acceptors (Lipinski definition) is 3. The maximum atomic E-state index is 12.3. The first kappa shape index (κ1) is 14.6. The number of piperidine rings is 1. The summed E-state index contributed by atoms with van der Waals surface area (Å²) in [6.45, 7) is 0. The second-order valence-electron chi connectivity index (χ2n) is 6.87. The molecule has 0 bridgehead atoms. The fraction of sp³-hybridized carbons (Fsp3) is 0.526. The Morgan fingerprint density at radius 2 is 1.91 bits per heavy atom. The molecule has 0 aromatic heterocycles. The Balaban J connectivity index is 1.97. The van der Waals surface area contributed by atoms with E-state index in [1.807, 2.05) is 11.9 Å². The first-order chi connectivity index (χ1) is 11.1. The minimum atomic E-state index is 0.0839. The van der Waals surface area contributed by atoms with Gasteiger partial charge in [-0.25, -0.2) is 0 Å². The number of methoxy groups -OCH3 is 2. The van der Waals surface area contributed by atoms with Crippen LogP contribution < -0.4 is 9.47 Å². The molecule has 1 spiro atoms. The average molecular weight is 313 g/mol. The van der Waals surface area contributed by atoms with Gasteiger partial charge in [0.25, 0.3) is 0 Å². The van der Waals surface area contributed by atoms with Crippen molar-refractivity contribution in [3.05, 3.63) is 29.3 Å². The third kappa shape index (κ3) is 1.81. The number of hydrogen-bond donors (Lipinski definition) is 0. The lowest BCUT2D eigenvalue weighted by Crippen LogP contribution is -2.45. The fourth-order valence-corrected chi connectivity index (χ4v) is 4.94. The van der Waals surface area contributed by atoms with Crippen LogP contribution in [-0.4, -0.2) is 32.1 Å². The number of benzene rings is 1. The number of nitrogens with zero attached hydrogens (tertiary/aromatic N) is 1. The van der Waals surface area contributed by atoms with Gasteiger partial charge in [-0.2, -0.15) is 0 Å². The lowest BCUT2D eigenvalue weighted by Gasteiger charge is -2.47. The molecule has 2 aliphatic carbocycles. The third-order valence-electron chi connectivity index (χ3n) is 5.94. The summed E-state index contributed by atoms with van der Waals surface area (Å²) in [6.07, 6.45) is 7.45. The zero-order valence-electron chi connectivity index (χ0n) is 14.0. The first-order valence-electron chi connectivity index (χ1n) is 8.35. The van der Waals surface area contributed by atoms with Gasteiger partial charge in [0.2, 0.25) is 5.91 Å². The number of amides is 1. The zero-order valence-corrected chi connectivity index (χ0v) is 14.0. The molecule has 2 atom stereocenters. The average Bonchev–Trinajstić information content (AvgIpc) is 2.87. The van der Waals surface area contributed by atoms with E-state index in [-0.39, 0.29) is 17.4 Å². The van der Waals surface area contributed by atoms with Gasteiger partial charge in [0.15, 0.2) is 11.5 Å². The Labute approximate surface area is 137 Å². The maximum Gasteiger partial charge on any atom is 0.222 e. The summed E-state index contributed by atoms with van der Waals surface area (Å²) >= 11 is 0. The molecule has 1 fully saturated rings. The molecule has 3 aliphatic rings. The SMILES string of the molecule is COc1cc2c(cc1OC)[C@@H]1N(C)C(=O)CC[C@@]13CCCC=C23. The number of carbonyl (C=O) groups excluding carboxylic acids is 1. The molecule has 4 nitrogen and oxygen atoms in total. The van der Waals surface area contributed by atoms with E-state index in [2.05, 4.69) is 18.2 Å². The second-order valence-corrected chi connectivity index (χ2v) is 6.87. The van der Waals surface area contributed by atoms with E-state index in [9.17, 15) is 4.79 Å². The predicted molar refractivity (Wildman–Crippen MR) is 88.6 cm³/mol. The molecule has 0 N–H and O–H groups in total. The summed E-state index contributed by atoms with van der Waals surface area (Å²) in [4.78, 5) is 14.3. The summed E-state index contributed by atoms with van der Waals surface area (Å²) in [7, 11) is 5.29. The predicted octanol–water partition coefficient (Wildman–Crippen LogP) is 3.56. The number of rotatable bonds is 2. The van der Waals surface area contributed by atoms with Gasteiger partial charge in [0, 0.05) is 18.9 Å². The summed E-state index contributed by atoms with van der Waals surface area (Å²) in [6, 6.07) is 4.31. The molecule has 0 saturated carbocycles. The molecular formula is C19H23NO3. The smallest absolute Gasteiger partial charge is 0.222 e. The van der Waals surface area contributed by atoms with Crippen LogP contribution in [0.5, 0.6) is 11.5 Å². The van der Waals surface area contributed by atoms with Gasteiger partial charge >= 0.3 is 0 Å². The van der Waals surface area contributed by atoms with Crippen molar-refractivity contribution >= 4 is 11.5 Å². The number of ether oxygens (including phenoxy) is 2. The molecular weight excluding hydrogens is 290 g/mol. The van der Waals surface area contributed by atoms with Crippen LogP contribution in [0.25, 0.3) is 5.57 Å². The van der Waals surface area contributed by atoms with Crippen LogP contribution in [0, 0.1) is 5.41 Å². The number of likely N-dealkylation sites (tertiary alicyclic amines) is 1. The monoisotopic (exact) mass is 313 g/mol. The van der Waals surface area contributed by atoms with Crippen LogP contribution in [0.2, 0.25) is 0 Å². The van der Waals surface area contributed by atoms with Gasteiger partial charge in [-0.05, 0) is 54.5 Å². The van der Waals surface area contributed by atoms with Crippen molar-refractivity contribution in [1.82, 2.24) is 4.90 Å². The second kappa shape index (κ2) is 5.02. The Bertz CT molecular complexity index is 709. The molecule has 1 aliphatic heterocycles. The molecule has 1 saturated heterocycles. The van der Waals surface area contributed by atoms with Gasteiger partial charge in [0.05, 0.1) is 20.3 Å². The van der Waals surface area contributed by atoms with E-state index >= 15 is 0 Å². The van der Waals surface area contributed by atoms with Gasteiger partial charge in [-0.15, -0.1) is 0 Å². The fourth-order valence-electron chi connectivity index (χ4n) is 4.94. The van der Waals surface area contributed by atoms with Crippen LogP contribution >= 0.6 is 0 Å². The van der Waals surface area contributed by atoms with Crippen LogP contribution in [0.1, 0.15) is 49.3 Å². The van der Waals surface area contributed by atoms with E-state index in [0.29, 0.717) is 6.42 Å². The van der Waals surface area contributed by atoms with Gasteiger partial charge in [-0.1, -0.05) is 6.08 Å². The van der Waals surface area contributed by atoms with Crippen molar-refractivity contribution in [2.75, 3.05) is 21.3 Å². The molecule has 1 aromatic carbocycles. The maximum absolute atomic E-state index is 12.3. The number of fused-ring (bicyclic) bond motifs is 3. The van der Waals surface area contributed by atoms with Crippen molar-refractivity contribution in [2.24, 2.45) is 5.41 Å². The highest BCUT2D eigenvalue weighted by Gasteiger charge is 2.55. The highest BCUT2D eigenvalue weighted by atomic mass is 16.5. The quantitative estimate of drug-likeness (QED) is 0.838. The van der Waals surface area contributed by atoms with E-state index in [0.717, 1.165) is 30.8 Å². The summed E-state index contributed by atoms with van der Waals surface area (Å²) in [5.41, 5.74) is 3.96. The Kier molecular flexibility index (Phi) is 3.19. The summed E-state index contributed by atoms with van der Waals surface area (Å²) < 4.78 is 11.0. The standard InChI is InChI=1S/C19H23NO3/c1-20-17(21)7-9-19-8-5-4-6-14(19)12-10-15(22-2)16(23-3)11-13(12)18(19)20/h6,10-11,18H,4-5,7-9H2,1-3H3/t18-,19+/m0/s1. The van der Waals surface area contributed by atoms with Crippen molar-refractivity contribution in [1.29, 1.82) is 0 Å². The summed E-state index contributed by atoms with van der Waals surface area (Å²) in [5.74, 6) is 1.75. The van der Waals surface area contributed by atoms with Gasteiger partial charge < -0.3 is 14.4 Å². The Hall–Kier alpha value is -1.97. The van der Waals surface area contributed by atoms with Crippen molar-refractivity contribution in [3.63, 3.8) is 0 Å². The lowest BCUT2D eigenvalue weighted by molar-refractivity contribution is -0.139. The van der Waals surface area contributed by atoms with E-state index in [4.69, 9.17) is 9.47 Å². The van der Waals surface area contributed by atoms with Crippen molar-refractivity contribution < 1.29 is 14.3 Å². The first-order valence-corrected chi connectivity index (χ1v) is 8.35. The van der Waals surface area contributed by atoms with Crippen LogP contribution in [0.15, 0.2) is 18.2 Å². The molecule has 1 aromatic rings. The van der Waals surface area contributed by atoms with Gasteiger partial charge in [0.1, 0.15) is 0 Å². The van der Waals surface area contributed by atoms with Crippen LogP contribution in [0.3, 0.4) is 0 Å². The normalized spacial score (nSPS) is 28.7. The molecule has 23 heavy (non-hydrogen) atoms. The molecule has 0 unspecified atom stereocenters. The van der Waals surface area contributed by atoms with E-state index in [1.165, 1.54) is 23.1 Å². The highest BCUT2D eigenvalue weighted by Crippen LogP contribution is 2.65.